The van der Waals surface area contributed by atoms with Crippen LogP contribution in [0.3, 0.4) is 0 Å². The molecule has 0 amide bonds. The Balaban J connectivity index is 0.00000208. The third-order valence-electron chi connectivity index (χ3n) is 4.62. The van der Waals surface area contributed by atoms with E-state index in [1.165, 1.54) is 38.5 Å². The zero-order chi connectivity index (χ0) is 16.1. The molecule has 0 unspecified atom stereocenters. The van der Waals surface area contributed by atoms with Crippen LogP contribution in [0.2, 0.25) is 0 Å². The molecule has 2 fully saturated rings. The maximum atomic E-state index is 4.45. The van der Waals surface area contributed by atoms with Crippen molar-refractivity contribution >= 4 is 41.7 Å². The van der Waals surface area contributed by atoms with Gasteiger partial charge in [-0.1, -0.05) is 24.6 Å². The second-order valence-corrected chi connectivity index (χ2v) is 7.21. The molecule has 0 spiro atoms. The van der Waals surface area contributed by atoms with E-state index in [1.54, 1.807) is 11.8 Å². The lowest BCUT2D eigenvalue weighted by Gasteiger charge is -2.16. The lowest BCUT2D eigenvalue weighted by Crippen LogP contribution is -2.39. The number of aryl methyl sites for hydroxylation is 1. The lowest BCUT2D eigenvalue weighted by atomic mass is 10.2. The molecule has 8 heteroatoms. The van der Waals surface area contributed by atoms with E-state index in [0.717, 1.165) is 36.3 Å². The van der Waals surface area contributed by atoms with Crippen molar-refractivity contribution < 1.29 is 0 Å². The van der Waals surface area contributed by atoms with Crippen LogP contribution >= 0.6 is 35.7 Å². The van der Waals surface area contributed by atoms with E-state index >= 15 is 0 Å². The molecule has 136 valence electrons. The number of guanidine groups is 1. The highest BCUT2D eigenvalue weighted by Gasteiger charge is 2.24. The number of nitrogens with one attached hydrogen (secondary N) is 2. The third-order valence-corrected chi connectivity index (χ3v) is 5.26. The molecule has 0 saturated heterocycles. The molecule has 24 heavy (non-hydrogen) atoms. The molecule has 1 heterocycles. The van der Waals surface area contributed by atoms with E-state index in [2.05, 4.69) is 36.6 Å². The molecule has 0 aromatic carbocycles. The Morgan fingerprint density at radius 1 is 1.25 bits per heavy atom. The van der Waals surface area contributed by atoms with Gasteiger partial charge in [0.05, 0.1) is 0 Å². The fraction of sp³-hybridized carbons (Fsp3) is 0.812. The van der Waals surface area contributed by atoms with E-state index in [4.69, 9.17) is 0 Å². The molecule has 2 N–H and O–H groups in total. The molecule has 2 aliphatic carbocycles. The number of nitrogens with zero attached hydrogens (tertiary/aromatic N) is 4. The molecule has 0 bridgehead atoms. The van der Waals surface area contributed by atoms with Gasteiger partial charge in [0.15, 0.2) is 11.1 Å². The van der Waals surface area contributed by atoms with Crippen LogP contribution in [0.5, 0.6) is 0 Å². The molecule has 0 radical (unpaired) electrons. The van der Waals surface area contributed by atoms with Crippen LogP contribution in [-0.4, -0.2) is 46.6 Å². The van der Waals surface area contributed by atoms with Gasteiger partial charge >= 0.3 is 0 Å². The molecular weight excluding hydrogens is 435 g/mol. The van der Waals surface area contributed by atoms with Gasteiger partial charge in [0, 0.05) is 32.1 Å². The van der Waals surface area contributed by atoms with Gasteiger partial charge in [0.1, 0.15) is 5.82 Å². The molecule has 0 aliphatic heterocycles. The molecule has 1 aromatic rings. The molecule has 2 aliphatic rings. The minimum absolute atomic E-state index is 0. The van der Waals surface area contributed by atoms with E-state index in [0.29, 0.717) is 12.1 Å². The van der Waals surface area contributed by atoms with Crippen LogP contribution in [0.1, 0.15) is 56.8 Å². The van der Waals surface area contributed by atoms with E-state index < -0.39 is 0 Å². The second kappa shape index (κ2) is 9.84. The smallest absolute Gasteiger partial charge is 0.191 e. The fourth-order valence-electron chi connectivity index (χ4n) is 3.22. The van der Waals surface area contributed by atoms with E-state index in [9.17, 15) is 0 Å². The average Bonchev–Trinajstić information content (AvgIpc) is 3.07. The zero-order valence-electron chi connectivity index (χ0n) is 14.6. The summed E-state index contributed by atoms with van der Waals surface area (Å²) in [5, 5.41) is 16.7. The number of rotatable bonds is 7. The topological polar surface area (TPSA) is 67.1 Å². The standard InChI is InChI=1S/C16H28N6S.HI/c1-17-15(19-12-9-10-12)18-11-5-8-14-20-21-16(23-2)22(14)13-6-3-4-7-13;/h12-13H,3-11H2,1-2H3,(H2,17,18,19);1H. The van der Waals surface area contributed by atoms with Crippen molar-refractivity contribution in [1.29, 1.82) is 0 Å². The maximum Gasteiger partial charge on any atom is 0.191 e. The summed E-state index contributed by atoms with van der Waals surface area (Å²) in [4.78, 5) is 4.27. The normalized spacial score (nSPS) is 18.5. The highest BCUT2D eigenvalue weighted by atomic mass is 127. The summed E-state index contributed by atoms with van der Waals surface area (Å²) in [5.41, 5.74) is 0. The van der Waals surface area contributed by atoms with Crippen LogP contribution in [0.4, 0.5) is 0 Å². The Bertz CT molecular complexity index is 537. The number of thioether (sulfide) groups is 1. The SMILES string of the molecule is CN=C(NCCCc1nnc(SC)n1C1CCCC1)NC1CC1.I. The van der Waals surface area contributed by atoms with Gasteiger partial charge < -0.3 is 15.2 Å². The van der Waals surface area contributed by atoms with Crippen LogP contribution in [0.25, 0.3) is 0 Å². The summed E-state index contributed by atoms with van der Waals surface area (Å²) in [6, 6.07) is 1.25. The average molecular weight is 464 g/mol. The van der Waals surface area contributed by atoms with Crippen LogP contribution < -0.4 is 10.6 Å². The summed E-state index contributed by atoms with van der Waals surface area (Å²) in [6.07, 6.45) is 11.9. The van der Waals surface area contributed by atoms with Gasteiger partial charge in [-0.2, -0.15) is 0 Å². The van der Waals surface area contributed by atoms with Crippen LogP contribution in [-0.2, 0) is 6.42 Å². The Morgan fingerprint density at radius 2 is 2.00 bits per heavy atom. The molecule has 6 nitrogen and oxygen atoms in total. The first-order valence-electron chi connectivity index (χ1n) is 8.76. The largest absolute Gasteiger partial charge is 0.356 e. The predicted octanol–water partition coefficient (Wildman–Crippen LogP) is 2.99. The molecule has 0 atom stereocenters. The van der Waals surface area contributed by atoms with Crippen LogP contribution in [0, 0.1) is 0 Å². The van der Waals surface area contributed by atoms with E-state index in [-0.39, 0.29) is 24.0 Å². The van der Waals surface area contributed by atoms with Gasteiger partial charge in [0.25, 0.3) is 0 Å². The van der Waals surface area contributed by atoms with Crippen molar-refractivity contribution in [3.8, 4) is 0 Å². The van der Waals surface area contributed by atoms with Crippen molar-refractivity contribution in [2.75, 3.05) is 19.8 Å². The first-order chi connectivity index (χ1) is 11.3. The first kappa shape index (κ1) is 19.8. The number of hydrogen-bond donors (Lipinski definition) is 2. The summed E-state index contributed by atoms with van der Waals surface area (Å²) < 4.78 is 2.40. The molecular formula is C16H29IN6S. The lowest BCUT2D eigenvalue weighted by molar-refractivity contribution is 0.460. The summed E-state index contributed by atoms with van der Waals surface area (Å²) >= 11 is 1.71. The van der Waals surface area contributed by atoms with Gasteiger partial charge in [-0.25, -0.2) is 0 Å². The summed E-state index contributed by atoms with van der Waals surface area (Å²) in [6.45, 7) is 0.915. The van der Waals surface area contributed by atoms with Gasteiger partial charge in [-0.15, -0.1) is 34.2 Å². The number of aliphatic imine (C=N–C) groups is 1. The molecule has 3 rings (SSSR count). The van der Waals surface area contributed by atoms with Gasteiger partial charge in [-0.05, 0) is 38.4 Å². The maximum absolute atomic E-state index is 4.45. The molecule has 1 aromatic heterocycles. The van der Waals surface area contributed by atoms with Crippen LogP contribution in [0.15, 0.2) is 10.1 Å². The number of halogens is 1. The quantitative estimate of drug-likeness (QED) is 0.214. The second-order valence-electron chi connectivity index (χ2n) is 6.43. The minimum atomic E-state index is 0. The van der Waals surface area contributed by atoms with Crippen molar-refractivity contribution in [3.63, 3.8) is 0 Å². The predicted molar refractivity (Wildman–Crippen MR) is 111 cm³/mol. The van der Waals surface area contributed by atoms with Crippen molar-refractivity contribution in [1.82, 2.24) is 25.4 Å². The number of aromatic nitrogens is 3. The zero-order valence-corrected chi connectivity index (χ0v) is 17.8. The summed E-state index contributed by atoms with van der Waals surface area (Å²) in [5.74, 6) is 2.07. The fourth-order valence-corrected chi connectivity index (χ4v) is 3.79. The highest BCUT2D eigenvalue weighted by Crippen LogP contribution is 2.33. The van der Waals surface area contributed by atoms with Crippen molar-refractivity contribution in [2.45, 2.75) is 68.6 Å². The van der Waals surface area contributed by atoms with E-state index in [1.807, 2.05) is 7.05 Å². The van der Waals surface area contributed by atoms with Crippen molar-refractivity contribution in [2.24, 2.45) is 4.99 Å². The van der Waals surface area contributed by atoms with Crippen molar-refractivity contribution in [3.05, 3.63) is 5.82 Å². The Morgan fingerprint density at radius 3 is 2.62 bits per heavy atom. The Hall–Kier alpha value is -0.510. The van der Waals surface area contributed by atoms with Gasteiger partial charge in [-0.3, -0.25) is 4.99 Å². The molecule has 2 saturated carbocycles. The highest BCUT2D eigenvalue weighted by molar-refractivity contribution is 14.0. The Labute approximate surface area is 166 Å². The number of hydrogen-bond acceptors (Lipinski definition) is 4. The first-order valence-corrected chi connectivity index (χ1v) is 9.99. The minimum Gasteiger partial charge on any atom is -0.356 e. The summed E-state index contributed by atoms with van der Waals surface area (Å²) in [7, 11) is 1.83. The monoisotopic (exact) mass is 464 g/mol. The Kier molecular flexibility index (Phi) is 8.12. The van der Waals surface area contributed by atoms with Gasteiger partial charge in [0.2, 0.25) is 0 Å². The third kappa shape index (κ3) is 5.24.